The third-order valence-electron chi connectivity index (χ3n) is 6.23. The predicted octanol–water partition coefficient (Wildman–Crippen LogP) is 4.51. The topological polar surface area (TPSA) is 87.8 Å². The van der Waals surface area contributed by atoms with Gasteiger partial charge in [0, 0.05) is 24.2 Å². The second kappa shape index (κ2) is 9.10. The molecular weight excluding hydrogens is 414 g/mol. The van der Waals surface area contributed by atoms with Gasteiger partial charge in [-0.05, 0) is 51.0 Å². The quantitative estimate of drug-likeness (QED) is 0.433. The predicted molar refractivity (Wildman–Crippen MR) is 132 cm³/mol. The van der Waals surface area contributed by atoms with Crippen LogP contribution in [-0.4, -0.2) is 24.8 Å². The third kappa shape index (κ3) is 3.88. The summed E-state index contributed by atoms with van der Waals surface area (Å²) < 4.78 is 5.35. The highest BCUT2D eigenvalue weighted by atomic mass is 16.2. The molecule has 0 fully saturated rings. The molecule has 0 aliphatic rings. The van der Waals surface area contributed by atoms with Crippen LogP contribution in [0.1, 0.15) is 45.2 Å². The number of benzene rings is 2. The standard InChI is InChI=1S/C26H31N5O2/c1-5-9-22(25(27)32)31-24(19-11-8-10-17(4)14-19)20(16-28-31)18-12-13-21-23(15-18)30(7-3)26(33)29(21)6-2/h8,10-16,22H,5-7,9H2,1-4H3,(H2,27,32). The molecule has 2 N–H and O–H groups in total. The maximum atomic E-state index is 12.8. The minimum atomic E-state index is -0.530. The highest BCUT2D eigenvalue weighted by Crippen LogP contribution is 2.36. The Bertz CT molecular complexity index is 1380. The summed E-state index contributed by atoms with van der Waals surface area (Å²) in [5.41, 5.74) is 12.4. The highest BCUT2D eigenvalue weighted by molar-refractivity contribution is 5.89. The molecule has 0 saturated heterocycles. The lowest BCUT2D eigenvalue weighted by molar-refractivity contribution is -0.121. The van der Waals surface area contributed by atoms with E-state index in [-0.39, 0.29) is 5.69 Å². The Morgan fingerprint density at radius 3 is 2.36 bits per heavy atom. The Morgan fingerprint density at radius 1 is 1.00 bits per heavy atom. The van der Waals surface area contributed by atoms with E-state index in [2.05, 4.69) is 11.2 Å². The average Bonchev–Trinajstić information content (AvgIpc) is 3.34. The van der Waals surface area contributed by atoms with Crippen LogP contribution < -0.4 is 11.4 Å². The number of amides is 1. The van der Waals surface area contributed by atoms with Crippen LogP contribution in [0.2, 0.25) is 0 Å². The molecule has 4 aromatic rings. The van der Waals surface area contributed by atoms with Crippen molar-refractivity contribution < 1.29 is 4.79 Å². The number of primary amides is 1. The van der Waals surface area contributed by atoms with E-state index in [0.717, 1.165) is 45.4 Å². The van der Waals surface area contributed by atoms with Gasteiger partial charge in [-0.2, -0.15) is 5.10 Å². The van der Waals surface area contributed by atoms with Gasteiger partial charge in [0.1, 0.15) is 6.04 Å². The van der Waals surface area contributed by atoms with Crippen molar-refractivity contribution in [3.8, 4) is 22.4 Å². The maximum Gasteiger partial charge on any atom is 0.329 e. The van der Waals surface area contributed by atoms with E-state index in [4.69, 9.17) is 5.73 Å². The first kappa shape index (κ1) is 22.6. The summed E-state index contributed by atoms with van der Waals surface area (Å²) in [5.74, 6) is -0.393. The Balaban J connectivity index is 1.99. The van der Waals surface area contributed by atoms with E-state index in [9.17, 15) is 9.59 Å². The van der Waals surface area contributed by atoms with E-state index in [1.54, 1.807) is 20.0 Å². The fourth-order valence-corrected chi connectivity index (χ4v) is 4.65. The Kier molecular flexibility index (Phi) is 6.22. The summed E-state index contributed by atoms with van der Waals surface area (Å²) in [4.78, 5) is 25.2. The summed E-state index contributed by atoms with van der Waals surface area (Å²) >= 11 is 0. The molecule has 7 nitrogen and oxygen atoms in total. The number of hydrogen-bond acceptors (Lipinski definition) is 3. The van der Waals surface area contributed by atoms with Crippen molar-refractivity contribution in [2.24, 2.45) is 5.73 Å². The lowest BCUT2D eigenvalue weighted by Gasteiger charge is -2.18. The molecule has 1 unspecified atom stereocenters. The van der Waals surface area contributed by atoms with E-state index in [1.165, 1.54) is 0 Å². The first-order valence-corrected chi connectivity index (χ1v) is 11.6. The third-order valence-corrected chi connectivity index (χ3v) is 6.23. The number of nitrogens with zero attached hydrogens (tertiary/aromatic N) is 4. The first-order chi connectivity index (χ1) is 15.9. The number of carbonyl (C=O) groups excluding carboxylic acids is 1. The SMILES string of the molecule is CCCC(C(N)=O)n1ncc(-c2ccc3c(c2)n(CC)c(=O)n3CC)c1-c1cccc(C)c1. The number of hydrogen-bond donors (Lipinski definition) is 1. The zero-order valence-corrected chi connectivity index (χ0v) is 19.7. The van der Waals surface area contributed by atoms with E-state index in [0.29, 0.717) is 19.5 Å². The lowest BCUT2D eigenvalue weighted by Crippen LogP contribution is -2.27. The molecule has 0 aliphatic carbocycles. The van der Waals surface area contributed by atoms with Gasteiger partial charge < -0.3 is 5.73 Å². The van der Waals surface area contributed by atoms with E-state index < -0.39 is 11.9 Å². The molecule has 33 heavy (non-hydrogen) atoms. The zero-order chi connectivity index (χ0) is 23.7. The van der Waals surface area contributed by atoms with Crippen LogP contribution in [0.5, 0.6) is 0 Å². The van der Waals surface area contributed by atoms with Gasteiger partial charge in [0.2, 0.25) is 5.91 Å². The van der Waals surface area contributed by atoms with Crippen LogP contribution in [0, 0.1) is 6.92 Å². The molecule has 0 saturated carbocycles. The minimum Gasteiger partial charge on any atom is -0.368 e. The number of rotatable bonds is 8. The Hall–Kier alpha value is -3.61. The first-order valence-electron chi connectivity index (χ1n) is 11.6. The van der Waals surface area contributed by atoms with Crippen LogP contribution in [0.25, 0.3) is 33.4 Å². The molecule has 0 aliphatic heterocycles. The largest absolute Gasteiger partial charge is 0.368 e. The van der Waals surface area contributed by atoms with Crippen molar-refractivity contribution in [2.45, 2.75) is 59.7 Å². The molecule has 1 atom stereocenters. The van der Waals surface area contributed by atoms with Gasteiger partial charge >= 0.3 is 5.69 Å². The zero-order valence-electron chi connectivity index (χ0n) is 19.7. The fourth-order valence-electron chi connectivity index (χ4n) is 4.65. The minimum absolute atomic E-state index is 0.00140. The van der Waals surface area contributed by atoms with Crippen molar-refractivity contribution >= 4 is 16.9 Å². The molecule has 2 heterocycles. The Labute approximate surface area is 193 Å². The number of aromatic nitrogens is 4. The van der Waals surface area contributed by atoms with Crippen LogP contribution in [-0.2, 0) is 17.9 Å². The monoisotopic (exact) mass is 445 g/mol. The molecule has 0 spiro atoms. The molecule has 2 aromatic heterocycles. The van der Waals surface area contributed by atoms with Crippen LogP contribution in [0.15, 0.2) is 53.5 Å². The van der Waals surface area contributed by atoms with Crippen molar-refractivity contribution in [1.29, 1.82) is 0 Å². The van der Waals surface area contributed by atoms with Gasteiger partial charge in [0.25, 0.3) is 0 Å². The van der Waals surface area contributed by atoms with Gasteiger partial charge in [-0.3, -0.25) is 18.6 Å². The van der Waals surface area contributed by atoms with Gasteiger partial charge in [0.15, 0.2) is 0 Å². The number of imidazole rings is 1. The second-order valence-corrected chi connectivity index (χ2v) is 8.40. The maximum absolute atomic E-state index is 12.8. The van der Waals surface area contributed by atoms with E-state index >= 15 is 0 Å². The van der Waals surface area contributed by atoms with Crippen LogP contribution >= 0.6 is 0 Å². The molecule has 0 radical (unpaired) electrons. The molecular formula is C26H31N5O2. The van der Waals surface area contributed by atoms with Crippen molar-refractivity contribution in [1.82, 2.24) is 18.9 Å². The molecule has 4 rings (SSSR count). The van der Waals surface area contributed by atoms with Crippen molar-refractivity contribution in [3.05, 3.63) is 64.7 Å². The summed E-state index contributed by atoms with van der Waals surface area (Å²) in [6, 6.07) is 13.7. The second-order valence-electron chi connectivity index (χ2n) is 8.40. The molecule has 0 bridgehead atoms. The van der Waals surface area contributed by atoms with Crippen molar-refractivity contribution in [3.63, 3.8) is 0 Å². The van der Waals surface area contributed by atoms with Gasteiger partial charge in [-0.1, -0.05) is 43.2 Å². The summed E-state index contributed by atoms with van der Waals surface area (Å²) in [7, 11) is 0. The van der Waals surface area contributed by atoms with Crippen molar-refractivity contribution in [2.75, 3.05) is 0 Å². The van der Waals surface area contributed by atoms with Crippen LogP contribution in [0.4, 0.5) is 0 Å². The summed E-state index contributed by atoms with van der Waals surface area (Å²) in [6.07, 6.45) is 3.23. The smallest absolute Gasteiger partial charge is 0.329 e. The van der Waals surface area contributed by atoms with Gasteiger partial charge in [-0.15, -0.1) is 0 Å². The summed E-state index contributed by atoms with van der Waals surface area (Å²) in [6.45, 7) is 9.24. The Morgan fingerprint density at radius 2 is 1.73 bits per heavy atom. The van der Waals surface area contributed by atoms with E-state index in [1.807, 2.05) is 64.1 Å². The molecule has 1 amide bonds. The van der Waals surface area contributed by atoms with Crippen LogP contribution in [0.3, 0.4) is 0 Å². The number of nitrogens with two attached hydrogens (primary N) is 1. The fraction of sp³-hybridized carbons (Fsp3) is 0.346. The lowest BCUT2D eigenvalue weighted by atomic mass is 9.99. The normalized spacial score (nSPS) is 12.4. The highest BCUT2D eigenvalue weighted by Gasteiger charge is 2.25. The number of fused-ring (bicyclic) bond motifs is 1. The van der Waals surface area contributed by atoms with Gasteiger partial charge in [-0.25, -0.2) is 4.79 Å². The number of carbonyl (C=O) groups is 1. The summed E-state index contributed by atoms with van der Waals surface area (Å²) in [5, 5.41) is 4.64. The van der Waals surface area contributed by atoms with Gasteiger partial charge in [0.05, 0.1) is 22.9 Å². The average molecular weight is 446 g/mol. The molecule has 7 heteroatoms. The molecule has 172 valence electrons. The number of aryl methyl sites for hydroxylation is 3. The molecule has 2 aromatic carbocycles.